The summed E-state index contributed by atoms with van der Waals surface area (Å²) < 4.78 is 0.997. The first kappa shape index (κ1) is 14.6. The lowest BCUT2D eigenvalue weighted by Gasteiger charge is -2.21. The van der Waals surface area contributed by atoms with E-state index in [4.69, 9.17) is 11.6 Å². The average molecular weight is 339 g/mol. The quantitative estimate of drug-likeness (QED) is 0.828. The number of aryl methyl sites for hydroxylation is 2. The first-order valence-electron chi connectivity index (χ1n) is 6.22. The Morgan fingerprint density at radius 2 is 1.79 bits per heavy atom. The van der Waals surface area contributed by atoms with Gasteiger partial charge in [-0.25, -0.2) is 0 Å². The van der Waals surface area contributed by atoms with Gasteiger partial charge in [0.15, 0.2) is 0 Å². The van der Waals surface area contributed by atoms with Gasteiger partial charge in [0.2, 0.25) is 0 Å². The van der Waals surface area contributed by atoms with Gasteiger partial charge >= 0.3 is 0 Å². The summed E-state index contributed by atoms with van der Waals surface area (Å²) in [6.45, 7) is 4.24. The third-order valence-electron chi connectivity index (χ3n) is 3.31. The van der Waals surface area contributed by atoms with Gasteiger partial charge in [0.25, 0.3) is 0 Å². The Morgan fingerprint density at radius 1 is 1.05 bits per heavy atom. The van der Waals surface area contributed by atoms with Crippen LogP contribution in [0.1, 0.15) is 28.3 Å². The predicted octanol–water partition coefficient (Wildman–Crippen LogP) is 5.03. The van der Waals surface area contributed by atoms with Crippen molar-refractivity contribution in [1.82, 2.24) is 5.32 Å². The van der Waals surface area contributed by atoms with Crippen molar-refractivity contribution < 1.29 is 0 Å². The van der Waals surface area contributed by atoms with Crippen LogP contribution in [0.2, 0.25) is 5.02 Å². The van der Waals surface area contributed by atoms with Crippen molar-refractivity contribution in [3.63, 3.8) is 0 Å². The van der Waals surface area contributed by atoms with Crippen LogP contribution in [0.3, 0.4) is 0 Å². The highest BCUT2D eigenvalue weighted by atomic mass is 79.9. The molecule has 1 unspecified atom stereocenters. The van der Waals surface area contributed by atoms with Crippen LogP contribution in [-0.4, -0.2) is 7.05 Å². The molecular formula is C16H17BrClN. The Labute approximate surface area is 128 Å². The van der Waals surface area contributed by atoms with Crippen LogP contribution in [0.5, 0.6) is 0 Å². The molecule has 1 atom stereocenters. The van der Waals surface area contributed by atoms with Gasteiger partial charge in [-0.2, -0.15) is 0 Å². The number of hydrogen-bond donors (Lipinski definition) is 1. The standard InChI is InChI=1S/C16H17BrClN/c1-10-4-5-11(2)14(8-10)16(19-3)13-7-6-12(17)9-15(13)18/h4-9,16,19H,1-3H3. The molecule has 0 saturated heterocycles. The van der Waals surface area contributed by atoms with Crippen LogP contribution in [0.15, 0.2) is 40.9 Å². The number of nitrogens with one attached hydrogen (secondary N) is 1. The molecule has 0 aromatic heterocycles. The normalized spacial score (nSPS) is 12.5. The zero-order chi connectivity index (χ0) is 14.0. The lowest BCUT2D eigenvalue weighted by molar-refractivity contribution is 0.687. The van der Waals surface area contributed by atoms with E-state index in [-0.39, 0.29) is 6.04 Å². The van der Waals surface area contributed by atoms with Crippen LogP contribution >= 0.6 is 27.5 Å². The van der Waals surface area contributed by atoms with E-state index in [0.29, 0.717) is 0 Å². The molecule has 0 bridgehead atoms. The molecule has 0 aliphatic rings. The maximum Gasteiger partial charge on any atom is 0.0591 e. The summed E-state index contributed by atoms with van der Waals surface area (Å²) >= 11 is 9.82. The van der Waals surface area contributed by atoms with E-state index in [1.54, 1.807) is 0 Å². The number of benzene rings is 2. The van der Waals surface area contributed by atoms with E-state index in [1.165, 1.54) is 16.7 Å². The molecule has 0 aliphatic carbocycles. The summed E-state index contributed by atoms with van der Waals surface area (Å²) in [6.07, 6.45) is 0. The summed E-state index contributed by atoms with van der Waals surface area (Å²) in [4.78, 5) is 0. The number of hydrogen-bond acceptors (Lipinski definition) is 1. The Hall–Kier alpha value is -0.830. The molecule has 0 radical (unpaired) electrons. The molecule has 0 heterocycles. The van der Waals surface area contributed by atoms with Crippen LogP contribution < -0.4 is 5.32 Å². The molecule has 0 saturated carbocycles. The van der Waals surface area contributed by atoms with Crippen molar-refractivity contribution in [3.05, 3.63) is 68.1 Å². The molecular weight excluding hydrogens is 322 g/mol. The molecule has 0 amide bonds. The van der Waals surface area contributed by atoms with Gasteiger partial charge in [0.05, 0.1) is 6.04 Å². The van der Waals surface area contributed by atoms with Gasteiger partial charge < -0.3 is 5.32 Å². The third kappa shape index (κ3) is 3.19. The molecule has 2 rings (SSSR count). The monoisotopic (exact) mass is 337 g/mol. The van der Waals surface area contributed by atoms with Crippen LogP contribution in [0.4, 0.5) is 0 Å². The third-order valence-corrected chi connectivity index (χ3v) is 4.13. The van der Waals surface area contributed by atoms with Gasteiger partial charge in [0.1, 0.15) is 0 Å². The van der Waals surface area contributed by atoms with E-state index in [1.807, 2.05) is 19.2 Å². The van der Waals surface area contributed by atoms with Crippen molar-refractivity contribution in [2.75, 3.05) is 7.05 Å². The van der Waals surface area contributed by atoms with Gasteiger partial charge in [-0.1, -0.05) is 57.4 Å². The fraction of sp³-hybridized carbons (Fsp3) is 0.250. The van der Waals surface area contributed by atoms with E-state index in [0.717, 1.165) is 15.1 Å². The molecule has 2 aromatic carbocycles. The summed E-state index contributed by atoms with van der Waals surface area (Å²) in [5, 5.41) is 4.14. The summed E-state index contributed by atoms with van der Waals surface area (Å²) in [5.41, 5.74) is 4.89. The Bertz CT molecular complexity index is 595. The minimum atomic E-state index is 0.112. The predicted molar refractivity (Wildman–Crippen MR) is 86.0 cm³/mol. The molecule has 0 spiro atoms. The molecule has 0 fully saturated rings. The summed E-state index contributed by atoms with van der Waals surface area (Å²) in [5.74, 6) is 0. The van der Waals surface area contributed by atoms with Crippen LogP contribution in [0, 0.1) is 13.8 Å². The second-order valence-corrected chi connectivity index (χ2v) is 6.07. The second kappa shape index (κ2) is 6.08. The summed E-state index contributed by atoms with van der Waals surface area (Å²) in [7, 11) is 1.96. The first-order chi connectivity index (χ1) is 9.02. The van der Waals surface area contributed by atoms with E-state index in [9.17, 15) is 0 Å². The minimum Gasteiger partial charge on any atom is -0.309 e. The second-order valence-electron chi connectivity index (χ2n) is 4.75. The highest BCUT2D eigenvalue weighted by Crippen LogP contribution is 2.32. The fourth-order valence-corrected chi connectivity index (χ4v) is 3.07. The smallest absolute Gasteiger partial charge is 0.0591 e. The summed E-state index contributed by atoms with van der Waals surface area (Å²) in [6, 6.07) is 12.6. The Balaban J connectivity index is 2.52. The zero-order valence-corrected chi connectivity index (χ0v) is 13.6. The SMILES string of the molecule is CNC(c1cc(C)ccc1C)c1ccc(Br)cc1Cl. The first-order valence-corrected chi connectivity index (χ1v) is 7.39. The van der Waals surface area contributed by atoms with Crippen molar-refractivity contribution in [2.45, 2.75) is 19.9 Å². The van der Waals surface area contributed by atoms with Crippen LogP contribution in [0.25, 0.3) is 0 Å². The van der Waals surface area contributed by atoms with Crippen molar-refractivity contribution >= 4 is 27.5 Å². The lowest BCUT2D eigenvalue weighted by atomic mass is 9.93. The van der Waals surface area contributed by atoms with Crippen LogP contribution in [-0.2, 0) is 0 Å². The maximum atomic E-state index is 6.38. The molecule has 1 N–H and O–H groups in total. The highest BCUT2D eigenvalue weighted by Gasteiger charge is 2.17. The largest absolute Gasteiger partial charge is 0.309 e. The van der Waals surface area contributed by atoms with Gasteiger partial charge in [-0.15, -0.1) is 0 Å². The lowest BCUT2D eigenvalue weighted by Crippen LogP contribution is -2.19. The molecule has 0 aliphatic heterocycles. The van der Waals surface area contributed by atoms with E-state index >= 15 is 0 Å². The topological polar surface area (TPSA) is 12.0 Å². The zero-order valence-electron chi connectivity index (χ0n) is 11.3. The van der Waals surface area contributed by atoms with Gasteiger partial charge in [-0.3, -0.25) is 0 Å². The fourth-order valence-electron chi connectivity index (χ4n) is 2.29. The minimum absolute atomic E-state index is 0.112. The van der Waals surface area contributed by atoms with E-state index in [2.05, 4.69) is 59.4 Å². The molecule has 19 heavy (non-hydrogen) atoms. The molecule has 1 nitrogen and oxygen atoms in total. The number of halogens is 2. The average Bonchev–Trinajstić information content (AvgIpc) is 2.36. The Morgan fingerprint density at radius 3 is 2.42 bits per heavy atom. The molecule has 100 valence electrons. The maximum absolute atomic E-state index is 6.38. The van der Waals surface area contributed by atoms with Gasteiger partial charge in [0, 0.05) is 9.50 Å². The van der Waals surface area contributed by atoms with Gasteiger partial charge in [-0.05, 0) is 49.7 Å². The van der Waals surface area contributed by atoms with Crippen molar-refractivity contribution in [2.24, 2.45) is 0 Å². The molecule has 3 heteroatoms. The Kier molecular flexibility index (Phi) is 4.67. The number of rotatable bonds is 3. The van der Waals surface area contributed by atoms with E-state index < -0.39 is 0 Å². The van der Waals surface area contributed by atoms with Crippen molar-refractivity contribution in [1.29, 1.82) is 0 Å². The molecule has 2 aromatic rings. The van der Waals surface area contributed by atoms with Crippen molar-refractivity contribution in [3.8, 4) is 0 Å². The highest BCUT2D eigenvalue weighted by molar-refractivity contribution is 9.10.